The molecule has 0 fully saturated rings. The van der Waals surface area contributed by atoms with Gasteiger partial charge in [-0.3, -0.25) is 4.79 Å². The first kappa shape index (κ1) is 9.72. The van der Waals surface area contributed by atoms with Crippen LogP contribution >= 0.6 is 0 Å². The summed E-state index contributed by atoms with van der Waals surface area (Å²) in [5.41, 5.74) is 3.28. The first-order valence-corrected chi connectivity index (χ1v) is 5.12. The Bertz CT molecular complexity index is 738. The lowest BCUT2D eigenvalue weighted by Crippen LogP contribution is -1.89. The Hall–Kier alpha value is -2.49. The van der Waals surface area contributed by atoms with E-state index < -0.39 is 0 Å². The summed E-state index contributed by atoms with van der Waals surface area (Å²) >= 11 is 0. The van der Waals surface area contributed by atoms with E-state index in [0.717, 1.165) is 6.29 Å². The molecule has 0 aliphatic carbocycles. The summed E-state index contributed by atoms with van der Waals surface area (Å²) in [6.45, 7) is 0. The lowest BCUT2D eigenvalue weighted by Gasteiger charge is -2.01. The van der Waals surface area contributed by atoms with Crippen LogP contribution in [0.4, 0.5) is 0 Å². The van der Waals surface area contributed by atoms with Crippen LogP contribution in [0.25, 0.3) is 22.1 Å². The molecule has 0 saturated heterocycles. The third kappa shape index (κ3) is 1.59. The minimum absolute atomic E-state index is 0.163. The third-order valence-corrected chi connectivity index (χ3v) is 2.58. The van der Waals surface area contributed by atoms with Gasteiger partial charge in [-0.25, -0.2) is 9.97 Å². The van der Waals surface area contributed by atoms with Crippen molar-refractivity contribution in [2.75, 3.05) is 0 Å². The Morgan fingerprint density at radius 2 is 1.53 bits per heavy atom. The molecule has 4 nitrogen and oxygen atoms in total. The predicted octanol–water partition coefficient (Wildman–Crippen LogP) is 2.30. The molecule has 0 spiro atoms. The van der Waals surface area contributed by atoms with Crippen molar-refractivity contribution in [2.24, 2.45) is 0 Å². The number of phenolic OH excluding ortho intramolecular Hbond substituents is 1. The van der Waals surface area contributed by atoms with Crippen LogP contribution in [0.3, 0.4) is 0 Å². The molecule has 0 unspecified atom stereocenters. The summed E-state index contributed by atoms with van der Waals surface area (Å²) in [5.74, 6) is 0.163. The Morgan fingerprint density at radius 1 is 0.882 bits per heavy atom. The summed E-state index contributed by atoms with van der Waals surface area (Å²) in [5, 5.41) is 9.37. The summed E-state index contributed by atoms with van der Waals surface area (Å²) in [6, 6.07) is 9.96. The summed E-state index contributed by atoms with van der Waals surface area (Å²) < 4.78 is 0. The Kier molecular flexibility index (Phi) is 2.01. The van der Waals surface area contributed by atoms with Crippen LogP contribution in [0.15, 0.2) is 36.4 Å². The molecule has 3 rings (SSSR count). The van der Waals surface area contributed by atoms with E-state index in [2.05, 4.69) is 9.97 Å². The average Bonchev–Trinajstić information content (AvgIpc) is 2.35. The van der Waals surface area contributed by atoms with Crippen molar-refractivity contribution in [3.05, 3.63) is 42.0 Å². The fraction of sp³-hybridized carbons (Fsp3) is 0. The molecule has 82 valence electrons. The van der Waals surface area contributed by atoms with Crippen molar-refractivity contribution < 1.29 is 9.90 Å². The molecule has 0 amide bonds. The second-order valence-corrected chi connectivity index (χ2v) is 3.76. The monoisotopic (exact) mass is 224 g/mol. The fourth-order valence-corrected chi connectivity index (χ4v) is 1.75. The van der Waals surface area contributed by atoms with E-state index in [0.29, 0.717) is 27.6 Å². The number of rotatable bonds is 1. The van der Waals surface area contributed by atoms with Gasteiger partial charge >= 0.3 is 0 Å². The molecule has 3 aromatic rings. The highest BCUT2D eigenvalue weighted by Crippen LogP contribution is 2.20. The molecule has 0 radical (unpaired) electrons. The molecule has 0 saturated carbocycles. The Balaban J connectivity index is 2.39. The molecule has 0 bridgehead atoms. The molecule has 17 heavy (non-hydrogen) atoms. The van der Waals surface area contributed by atoms with Crippen LogP contribution in [-0.4, -0.2) is 21.4 Å². The maximum absolute atomic E-state index is 10.7. The zero-order valence-electron chi connectivity index (χ0n) is 8.79. The van der Waals surface area contributed by atoms with Crippen LogP contribution in [0, 0.1) is 0 Å². The fourth-order valence-electron chi connectivity index (χ4n) is 1.75. The molecule has 1 N–H and O–H groups in total. The quantitative estimate of drug-likeness (QED) is 0.509. The highest BCUT2D eigenvalue weighted by Gasteiger charge is 2.03. The van der Waals surface area contributed by atoms with Gasteiger partial charge in [0.2, 0.25) is 0 Å². The van der Waals surface area contributed by atoms with Gasteiger partial charge in [-0.05, 0) is 30.3 Å². The van der Waals surface area contributed by atoms with Crippen LogP contribution in [-0.2, 0) is 0 Å². The number of hydrogen-bond donors (Lipinski definition) is 1. The number of fused-ring (bicyclic) bond motifs is 2. The van der Waals surface area contributed by atoms with Crippen molar-refractivity contribution in [3.8, 4) is 5.75 Å². The van der Waals surface area contributed by atoms with Gasteiger partial charge in [-0.2, -0.15) is 0 Å². The van der Waals surface area contributed by atoms with Gasteiger partial charge in [0.15, 0.2) is 0 Å². The molecule has 1 aromatic heterocycles. The zero-order valence-corrected chi connectivity index (χ0v) is 8.79. The standard InChI is InChI=1S/C13H8N2O2/c16-7-8-1-3-10-12(5-8)14-11-4-2-9(17)6-13(11)15-10/h1-7,17H. The normalized spacial score (nSPS) is 10.8. The van der Waals surface area contributed by atoms with Gasteiger partial charge in [0.25, 0.3) is 0 Å². The van der Waals surface area contributed by atoms with Crippen LogP contribution in [0.1, 0.15) is 10.4 Å². The van der Waals surface area contributed by atoms with Gasteiger partial charge in [-0.1, -0.05) is 0 Å². The largest absolute Gasteiger partial charge is 0.508 e. The smallest absolute Gasteiger partial charge is 0.150 e. The SMILES string of the molecule is O=Cc1ccc2nc3cc(O)ccc3nc2c1. The second kappa shape index (κ2) is 3.52. The minimum Gasteiger partial charge on any atom is -0.508 e. The zero-order chi connectivity index (χ0) is 11.8. The number of nitrogens with zero attached hydrogens (tertiary/aromatic N) is 2. The number of aromatic hydroxyl groups is 1. The number of aldehydes is 1. The summed E-state index contributed by atoms with van der Waals surface area (Å²) in [4.78, 5) is 19.4. The minimum atomic E-state index is 0.163. The second-order valence-electron chi connectivity index (χ2n) is 3.76. The van der Waals surface area contributed by atoms with Gasteiger partial charge < -0.3 is 5.11 Å². The van der Waals surface area contributed by atoms with Crippen molar-refractivity contribution >= 4 is 28.4 Å². The van der Waals surface area contributed by atoms with Crippen LogP contribution < -0.4 is 0 Å². The van der Waals surface area contributed by atoms with Crippen molar-refractivity contribution in [1.82, 2.24) is 9.97 Å². The van der Waals surface area contributed by atoms with E-state index in [1.165, 1.54) is 0 Å². The van der Waals surface area contributed by atoms with Crippen molar-refractivity contribution in [1.29, 1.82) is 0 Å². The summed E-state index contributed by atoms with van der Waals surface area (Å²) in [7, 11) is 0. The molecule has 1 heterocycles. The van der Waals surface area contributed by atoms with Crippen LogP contribution in [0.5, 0.6) is 5.75 Å². The number of aromatic nitrogens is 2. The topological polar surface area (TPSA) is 63.1 Å². The summed E-state index contributed by atoms with van der Waals surface area (Å²) in [6.07, 6.45) is 0.780. The van der Waals surface area contributed by atoms with E-state index in [1.807, 2.05) is 0 Å². The molecule has 0 aliphatic rings. The molecule has 0 atom stereocenters. The molecule has 0 aliphatic heterocycles. The van der Waals surface area contributed by atoms with Crippen molar-refractivity contribution in [2.45, 2.75) is 0 Å². The van der Waals surface area contributed by atoms with E-state index in [1.54, 1.807) is 36.4 Å². The number of phenols is 1. The maximum Gasteiger partial charge on any atom is 0.150 e. The lowest BCUT2D eigenvalue weighted by atomic mass is 10.2. The first-order chi connectivity index (χ1) is 8.26. The molecule has 4 heteroatoms. The van der Waals surface area contributed by atoms with Crippen LogP contribution in [0.2, 0.25) is 0 Å². The Morgan fingerprint density at radius 3 is 2.24 bits per heavy atom. The average molecular weight is 224 g/mol. The van der Waals surface area contributed by atoms with Gasteiger partial charge in [0.05, 0.1) is 22.1 Å². The number of carbonyl (C=O) groups is 1. The van der Waals surface area contributed by atoms with E-state index in [4.69, 9.17) is 0 Å². The maximum atomic E-state index is 10.7. The van der Waals surface area contributed by atoms with E-state index >= 15 is 0 Å². The number of carbonyl (C=O) groups excluding carboxylic acids is 1. The molecule has 2 aromatic carbocycles. The molecular weight excluding hydrogens is 216 g/mol. The predicted molar refractivity (Wildman–Crippen MR) is 64.1 cm³/mol. The molecular formula is C13H8N2O2. The van der Waals surface area contributed by atoms with E-state index in [-0.39, 0.29) is 5.75 Å². The number of hydrogen-bond acceptors (Lipinski definition) is 4. The van der Waals surface area contributed by atoms with Gasteiger partial charge in [0.1, 0.15) is 12.0 Å². The highest BCUT2D eigenvalue weighted by molar-refractivity contribution is 5.90. The third-order valence-electron chi connectivity index (χ3n) is 2.58. The van der Waals surface area contributed by atoms with Crippen molar-refractivity contribution in [3.63, 3.8) is 0 Å². The van der Waals surface area contributed by atoms with Gasteiger partial charge in [-0.15, -0.1) is 0 Å². The number of benzene rings is 2. The van der Waals surface area contributed by atoms with Gasteiger partial charge in [0, 0.05) is 11.6 Å². The lowest BCUT2D eigenvalue weighted by molar-refractivity contribution is 0.112. The highest BCUT2D eigenvalue weighted by atomic mass is 16.3. The van der Waals surface area contributed by atoms with E-state index in [9.17, 15) is 9.90 Å². The Labute approximate surface area is 96.6 Å². The first-order valence-electron chi connectivity index (χ1n) is 5.12.